The van der Waals surface area contributed by atoms with Gasteiger partial charge in [0.05, 0.1) is 12.1 Å². The van der Waals surface area contributed by atoms with Crippen molar-refractivity contribution in [3.63, 3.8) is 0 Å². The third kappa shape index (κ3) is 2.95. The lowest BCUT2D eigenvalue weighted by Gasteiger charge is -2.03. The number of benzene rings is 1. The Bertz CT molecular complexity index is 635. The van der Waals surface area contributed by atoms with Gasteiger partial charge in [-0.25, -0.2) is 4.98 Å². The van der Waals surface area contributed by atoms with Gasteiger partial charge in [0.2, 0.25) is 0 Å². The first-order chi connectivity index (χ1) is 8.54. The lowest BCUT2D eigenvalue weighted by atomic mass is 10.2. The van der Waals surface area contributed by atoms with E-state index < -0.39 is 5.97 Å². The number of nitrogens with zero attached hydrogens (tertiary/aromatic N) is 1. The maximum Gasteiger partial charge on any atom is 0.309 e. The molecule has 6 heteroatoms. The Morgan fingerprint density at radius 3 is 2.61 bits per heavy atom. The third-order valence-electron chi connectivity index (χ3n) is 2.24. The van der Waals surface area contributed by atoms with E-state index >= 15 is 0 Å². The summed E-state index contributed by atoms with van der Waals surface area (Å²) in [6, 6.07) is 7.91. The fraction of sp³-hybridized carbons (Fsp3) is 0.0833. The minimum absolute atomic E-state index is 0.219. The summed E-state index contributed by atoms with van der Waals surface area (Å²) in [5.74, 6) is -0.703. The zero-order chi connectivity index (χ0) is 13.1. The Labute approximate surface area is 107 Å². The summed E-state index contributed by atoms with van der Waals surface area (Å²) in [7, 11) is 0. The molecule has 2 aromatic rings. The average Bonchev–Trinajstić information content (AvgIpc) is 2.28. The number of hydrogen-bond donors (Lipinski definition) is 2. The molecular weight excluding hydrogens is 256 g/mol. The van der Waals surface area contributed by atoms with Crippen molar-refractivity contribution in [2.45, 2.75) is 6.42 Å². The fourth-order valence-corrected chi connectivity index (χ4v) is 1.62. The molecule has 18 heavy (non-hydrogen) atoms. The van der Waals surface area contributed by atoms with Crippen LogP contribution in [0.5, 0.6) is 0 Å². The third-order valence-corrected chi connectivity index (χ3v) is 2.50. The van der Waals surface area contributed by atoms with Crippen LogP contribution in [-0.4, -0.2) is 21.0 Å². The Hall–Kier alpha value is -2.14. The van der Waals surface area contributed by atoms with Gasteiger partial charge in [0.1, 0.15) is 5.82 Å². The van der Waals surface area contributed by atoms with Crippen LogP contribution >= 0.6 is 11.6 Å². The number of aliphatic carboxylic acids is 1. The van der Waals surface area contributed by atoms with E-state index in [1.54, 1.807) is 24.3 Å². The number of H-pyrrole nitrogens is 1. The van der Waals surface area contributed by atoms with Crippen LogP contribution in [0.25, 0.3) is 11.4 Å². The van der Waals surface area contributed by atoms with E-state index in [0.29, 0.717) is 16.4 Å². The smallest absolute Gasteiger partial charge is 0.309 e. The Kier molecular flexibility index (Phi) is 3.43. The summed E-state index contributed by atoms with van der Waals surface area (Å²) >= 11 is 5.76. The van der Waals surface area contributed by atoms with Crippen LogP contribution in [-0.2, 0) is 11.2 Å². The second-order valence-electron chi connectivity index (χ2n) is 3.66. The molecular formula is C12H9ClN2O3. The van der Waals surface area contributed by atoms with Gasteiger partial charge < -0.3 is 10.1 Å². The Morgan fingerprint density at radius 1 is 1.33 bits per heavy atom. The normalized spacial score (nSPS) is 10.3. The van der Waals surface area contributed by atoms with Gasteiger partial charge in [-0.1, -0.05) is 11.6 Å². The minimum atomic E-state index is -1.03. The van der Waals surface area contributed by atoms with Crippen molar-refractivity contribution < 1.29 is 9.90 Å². The maximum absolute atomic E-state index is 11.4. The second kappa shape index (κ2) is 5.01. The van der Waals surface area contributed by atoms with E-state index in [9.17, 15) is 9.59 Å². The maximum atomic E-state index is 11.4. The molecule has 0 fully saturated rings. The molecule has 0 saturated carbocycles. The number of aromatic amines is 1. The number of hydrogen-bond acceptors (Lipinski definition) is 3. The predicted octanol–water partition coefficient (Wildman–Crippen LogP) is 1.72. The van der Waals surface area contributed by atoms with Crippen molar-refractivity contribution >= 4 is 17.6 Å². The van der Waals surface area contributed by atoms with Crippen molar-refractivity contribution in [2.24, 2.45) is 0 Å². The zero-order valence-electron chi connectivity index (χ0n) is 9.18. The summed E-state index contributed by atoms with van der Waals surface area (Å²) < 4.78 is 0. The SMILES string of the molecule is O=C(O)Cc1cc(=O)[nH]c(-c2ccc(Cl)cc2)n1. The summed E-state index contributed by atoms with van der Waals surface area (Å²) in [5.41, 5.74) is 0.506. The quantitative estimate of drug-likeness (QED) is 0.884. The van der Waals surface area contributed by atoms with Crippen LogP contribution in [0, 0.1) is 0 Å². The highest BCUT2D eigenvalue weighted by Crippen LogP contribution is 2.17. The van der Waals surface area contributed by atoms with Gasteiger partial charge >= 0.3 is 5.97 Å². The van der Waals surface area contributed by atoms with Crippen LogP contribution in [0.4, 0.5) is 0 Å². The predicted molar refractivity (Wildman–Crippen MR) is 66.6 cm³/mol. The topological polar surface area (TPSA) is 83.0 Å². The highest BCUT2D eigenvalue weighted by molar-refractivity contribution is 6.30. The molecule has 2 rings (SSSR count). The molecule has 92 valence electrons. The summed E-state index contributed by atoms with van der Waals surface area (Å²) in [6.07, 6.45) is -0.287. The molecule has 0 aliphatic carbocycles. The van der Waals surface area contributed by atoms with Crippen molar-refractivity contribution in [3.05, 3.63) is 51.4 Å². The van der Waals surface area contributed by atoms with Crippen molar-refractivity contribution in [3.8, 4) is 11.4 Å². The number of aromatic nitrogens is 2. The summed E-state index contributed by atoms with van der Waals surface area (Å²) in [4.78, 5) is 28.7. The lowest BCUT2D eigenvalue weighted by molar-refractivity contribution is -0.136. The second-order valence-corrected chi connectivity index (χ2v) is 4.10. The van der Waals surface area contributed by atoms with E-state index in [1.807, 2.05) is 0 Å². The first-order valence-electron chi connectivity index (χ1n) is 5.12. The molecule has 2 N–H and O–H groups in total. The van der Waals surface area contributed by atoms with E-state index in [1.165, 1.54) is 6.07 Å². The first kappa shape index (κ1) is 12.3. The van der Waals surface area contributed by atoms with Crippen molar-refractivity contribution in [2.75, 3.05) is 0 Å². The van der Waals surface area contributed by atoms with E-state index in [0.717, 1.165) is 0 Å². The van der Waals surface area contributed by atoms with Gasteiger partial charge in [-0.05, 0) is 24.3 Å². The molecule has 0 atom stereocenters. The lowest BCUT2D eigenvalue weighted by Crippen LogP contribution is -2.13. The van der Waals surface area contributed by atoms with Crippen LogP contribution < -0.4 is 5.56 Å². The van der Waals surface area contributed by atoms with Crippen molar-refractivity contribution in [1.82, 2.24) is 9.97 Å². The molecule has 1 aromatic heterocycles. The van der Waals surface area contributed by atoms with E-state index in [2.05, 4.69) is 9.97 Å². The molecule has 0 saturated heterocycles. The van der Waals surface area contributed by atoms with Crippen LogP contribution in [0.2, 0.25) is 5.02 Å². The number of carbonyl (C=O) groups is 1. The first-order valence-corrected chi connectivity index (χ1v) is 5.50. The molecule has 0 bridgehead atoms. The molecule has 1 heterocycles. The Morgan fingerprint density at radius 2 is 2.00 bits per heavy atom. The molecule has 0 radical (unpaired) electrons. The minimum Gasteiger partial charge on any atom is -0.481 e. The highest BCUT2D eigenvalue weighted by Gasteiger charge is 2.07. The van der Waals surface area contributed by atoms with Gasteiger partial charge in [-0.3, -0.25) is 9.59 Å². The highest BCUT2D eigenvalue weighted by atomic mass is 35.5. The molecule has 0 spiro atoms. The monoisotopic (exact) mass is 264 g/mol. The van der Waals surface area contributed by atoms with E-state index in [4.69, 9.17) is 16.7 Å². The van der Waals surface area contributed by atoms with Crippen LogP contribution in [0.1, 0.15) is 5.69 Å². The number of nitrogens with one attached hydrogen (secondary N) is 1. The zero-order valence-corrected chi connectivity index (χ0v) is 9.94. The van der Waals surface area contributed by atoms with Gasteiger partial charge in [-0.2, -0.15) is 0 Å². The number of rotatable bonds is 3. The van der Waals surface area contributed by atoms with Gasteiger partial charge in [0.25, 0.3) is 5.56 Å². The standard InChI is InChI=1S/C12H9ClN2O3/c13-8-3-1-7(2-4-8)12-14-9(6-11(17)18)5-10(16)15-12/h1-5H,6H2,(H,17,18)(H,14,15,16). The summed E-state index contributed by atoms with van der Waals surface area (Å²) in [6.45, 7) is 0. The number of carboxylic acid groups (broad SMARTS) is 1. The largest absolute Gasteiger partial charge is 0.481 e. The molecule has 0 aliphatic heterocycles. The Balaban J connectivity index is 2.44. The molecule has 1 aromatic carbocycles. The molecule has 0 amide bonds. The fourth-order valence-electron chi connectivity index (χ4n) is 1.50. The van der Waals surface area contributed by atoms with Gasteiger partial charge in [0, 0.05) is 16.7 Å². The molecule has 5 nitrogen and oxygen atoms in total. The number of carboxylic acids is 1. The average molecular weight is 265 g/mol. The van der Waals surface area contributed by atoms with E-state index in [-0.39, 0.29) is 17.7 Å². The molecule has 0 aliphatic rings. The summed E-state index contributed by atoms with van der Waals surface area (Å²) in [5, 5.41) is 9.26. The van der Waals surface area contributed by atoms with Gasteiger partial charge in [0.15, 0.2) is 0 Å². The van der Waals surface area contributed by atoms with Crippen molar-refractivity contribution in [1.29, 1.82) is 0 Å². The van der Waals surface area contributed by atoms with Crippen LogP contribution in [0.15, 0.2) is 35.1 Å². The number of halogens is 1. The molecule has 0 unspecified atom stereocenters. The van der Waals surface area contributed by atoms with Crippen LogP contribution in [0.3, 0.4) is 0 Å². The van der Waals surface area contributed by atoms with Gasteiger partial charge in [-0.15, -0.1) is 0 Å².